The van der Waals surface area contributed by atoms with Crippen molar-refractivity contribution in [3.8, 4) is 0 Å². The van der Waals surface area contributed by atoms with Gasteiger partial charge < -0.3 is 5.32 Å². The molecule has 0 spiro atoms. The molecule has 0 aromatic heterocycles. The number of sulfonamides is 1. The largest absolute Gasteiger partial charge is 0.418 e. The van der Waals surface area contributed by atoms with E-state index in [1.54, 1.807) is 0 Å². The van der Waals surface area contributed by atoms with Crippen LogP contribution in [-0.4, -0.2) is 26.0 Å². The molecule has 28 heavy (non-hydrogen) atoms. The molecule has 0 aliphatic carbocycles. The van der Waals surface area contributed by atoms with Crippen LogP contribution in [0.1, 0.15) is 22.3 Å². The van der Waals surface area contributed by atoms with Crippen LogP contribution in [0.2, 0.25) is 5.02 Å². The van der Waals surface area contributed by atoms with E-state index >= 15 is 0 Å². The second-order valence-corrected chi connectivity index (χ2v) is 8.29. The lowest BCUT2D eigenvalue weighted by atomic mass is 10.1. The minimum absolute atomic E-state index is 0.0534. The SMILES string of the molecule is O=C(Nc1ccc(Cl)cc1C(F)(F)F)c1cccc(N2C(=O)CCS2(=O)=O)c1. The molecular formula is C17H12ClF3N2O4S. The fraction of sp³-hybridized carbons (Fsp3) is 0.176. The lowest BCUT2D eigenvalue weighted by Gasteiger charge is -2.17. The summed E-state index contributed by atoms with van der Waals surface area (Å²) in [5.41, 5.74) is -1.79. The Labute approximate surface area is 163 Å². The highest BCUT2D eigenvalue weighted by Gasteiger charge is 2.37. The smallest absolute Gasteiger partial charge is 0.321 e. The van der Waals surface area contributed by atoms with Gasteiger partial charge in [-0.25, -0.2) is 12.7 Å². The van der Waals surface area contributed by atoms with Crippen molar-refractivity contribution >= 4 is 44.8 Å². The molecule has 2 amide bonds. The van der Waals surface area contributed by atoms with Crippen LogP contribution in [0, 0.1) is 0 Å². The van der Waals surface area contributed by atoms with Crippen molar-refractivity contribution in [3.63, 3.8) is 0 Å². The number of halogens is 4. The van der Waals surface area contributed by atoms with Crippen molar-refractivity contribution in [3.05, 3.63) is 58.6 Å². The van der Waals surface area contributed by atoms with Gasteiger partial charge in [-0.3, -0.25) is 9.59 Å². The number of carbonyl (C=O) groups is 2. The summed E-state index contributed by atoms with van der Waals surface area (Å²) in [6.45, 7) is 0. The van der Waals surface area contributed by atoms with E-state index in [4.69, 9.17) is 11.6 Å². The number of nitrogens with zero attached hydrogens (tertiary/aromatic N) is 1. The van der Waals surface area contributed by atoms with E-state index in [2.05, 4.69) is 5.32 Å². The van der Waals surface area contributed by atoms with Gasteiger partial charge in [0.2, 0.25) is 15.9 Å². The van der Waals surface area contributed by atoms with E-state index < -0.39 is 39.3 Å². The molecule has 0 atom stereocenters. The Bertz CT molecular complexity index is 1070. The molecule has 3 rings (SSSR count). The summed E-state index contributed by atoms with van der Waals surface area (Å²) in [6, 6.07) is 7.95. The minimum Gasteiger partial charge on any atom is -0.321 e. The summed E-state index contributed by atoms with van der Waals surface area (Å²) in [5, 5.41) is 1.99. The molecule has 2 aromatic rings. The predicted octanol–water partition coefficient (Wildman–Crippen LogP) is 3.68. The average molecular weight is 433 g/mol. The Kier molecular flexibility index (Phi) is 5.11. The van der Waals surface area contributed by atoms with Gasteiger partial charge in [0.1, 0.15) is 0 Å². The number of amides is 2. The molecule has 0 saturated carbocycles. The first kappa shape index (κ1) is 20.2. The molecule has 0 unspecified atom stereocenters. The maximum Gasteiger partial charge on any atom is 0.418 e. The van der Waals surface area contributed by atoms with Gasteiger partial charge in [0.05, 0.1) is 22.7 Å². The van der Waals surface area contributed by atoms with E-state index in [1.165, 1.54) is 24.3 Å². The van der Waals surface area contributed by atoms with Crippen molar-refractivity contribution in [2.45, 2.75) is 12.6 Å². The van der Waals surface area contributed by atoms with Crippen molar-refractivity contribution in [2.24, 2.45) is 0 Å². The number of hydrogen-bond donors (Lipinski definition) is 1. The summed E-state index contributed by atoms with van der Waals surface area (Å²) in [6.07, 6.45) is -4.93. The first-order chi connectivity index (χ1) is 13.0. The Morgan fingerprint density at radius 2 is 1.86 bits per heavy atom. The normalized spacial score (nSPS) is 16.3. The molecule has 11 heteroatoms. The average Bonchev–Trinajstić information content (AvgIpc) is 2.88. The fourth-order valence-corrected chi connectivity index (χ4v) is 4.32. The summed E-state index contributed by atoms with van der Waals surface area (Å²) >= 11 is 5.60. The summed E-state index contributed by atoms with van der Waals surface area (Å²) in [7, 11) is -3.83. The number of benzene rings is 2. The number of nitrogens with one attached hydrogen (secondary N) is 1. The Morgan fingerprint density at radius 3 is 2.46 bits per heavy atom. The highest BCUT2D eigenvalue weighted by molar-refractivity contribution is 7.94. The molecule has 148 valence electrons. The standard InChI is InChI=1S/C17H12ClF3N2O4S/c18-11-4-5-14(13(9-11)17(19,20)21)22-16(25)10-2-1-3-12(8-10)23-15(24)6-7-28(23,26)27/h1-5,8-9H,6-7H2,(H,22,25). The zero-order valence-corrected chi connectivity index (χ0v) is 15.5. The van der Waals surface area contributed by atoms with Crippen LogP contribution < -0.4 is 9.62 Å². The van der Waals surface area contributed by atoms with E-state index in [-0.39, 0.29) is 28.4 Å². The van der Waals surface area contributed by atoms with E-state index in [9.17, 15) is 31.2 Å². The predicted molar refractivity (Wildman–Crippen MR) is 96.7 cm³/mol. The van der Waals surface area contributed by atoms with Gasteiger partial charge in [-0.2, -0.15) is 13.2 Å². The summed E-state index contributed by atoms with van der Waals surface area (Å²) < 4.78 is 64.1. The van der Waals surface area contributed by atoms with Crippen LogP contribution >= 0.6 is 11.6 Å². The molecule has 0 radical (unpaired) electrons. The van der Waals surface area contributed by atoms with E-state index in [1.807, 2.05) is 0 Å². The highest BCUT2D eigenvalue weighted by Crippen LogP contribution is 2.36. The third-order valence-electron chi connectivity index (χ3n) is 3.96. The molecule has 2 aromatic carbocycles. The van der Waals surface area contributed by atoms with Gasteiger partial charge >= 0.3 is 6.18 Å². The van der Waals surface area contributed by atoms with Crippen molar-refractivity contribution in [2.75, 3.05) is 15.4 Å². The number of alkyl halides is 3. The maximum atomic E-state index is 13.2. The molecule has 1 aliphatic rings. The lowest BCUT2D eigenvalue weighted by molar-refractivity contribution is -0.136. The molecule has 1 heterocycles. The van der Waals surface area contributed by atoms with Gasteiger partial charge in [0.15, 0.2) is 0 Å². The Balaban J connectivity index is 1.93. The minimum atomic E-state index is -4.74. The monoisotopic (exact) mass is 432 g/mol. The number of anilines is 2. The van der Waals surface area contributed by atoms with E-state index in [0.717, 1.165) is 12.1 Å². The molecule has 1 aliphatic heterocycles. The zero-order chi connectivity index (χ0) is 20.7. The Hall–Kier alpha value is -2.59. The first-order valence-corrected chi connectivity index (χ1v) is 9.82. The number of carbonyl (C=O) groups excluding carboxylic acids is 2. The van der Waals surface area contributed by atoms with Crippen LogP contribution in [0.15, 0.2) is 42.5 Å². The van der Waals surface area contributed by atoms with Crippen LogP contribution in [0.5, 0.6) is 0 Å². The van der Waals surface area contributed by atoms with Gasteiger partial charge in [-0.05, 0) is 36.4 Å². The molecule has 0 bridgehead atoms. The zero-order valence-electron chi connectivity index (χ0n) is 14.0. The maximum absolute atomic E-state index is 13.2. The van der Waals surface area contributed by atoms with Crippen LogP contribution in [0.4, 0.5) is 24.5 Å². The number of rotatable bonds is 3. The van der Waals surface area contributed by atoms with Gasteiger partial charge in [-0.15, -0.1) is 0 Å². The Morgan fingerprint density at radius 1 is 1.14 bits per heavy atom. The van der Waals surface area contributed by atoms with Crippen molar-refractivity contribution in [1.82, 2.24) is 0 Å². The quantitative estimate of drug-likeness (QED) is 0.802. The molecule has 1 saturated heterocycles. The molecular weight excluding hydrogens is 421 g/mol. The fourth-order valence-electron chi connectivity index (χ4n) is 2.70. The summed E-state index contributed by atoms with van der Waals surface area (Å²) in [5.74, 6) is -1.89. The van der Waals surface area contributed by atoms with Crippen LogP contribution in [0.3, 0.4) is 0 Å². The van der Waals surface area contributed by atoms with Crippen molar-refractivity contribution in [1.29, 1.82) is 0 Å². The van der Waals surface area contributed by atoms with Gasteiger partial charge in [0, 0.05) is 17.0 Å². The van der Waals surface area contributed by atoms with Crippen LogP contribution in [-0.2, 0) is 21.0 Å². The lowest BCUT2D eigenvalue weighted by Crippen LogP contribution is -2.29. The molecule has 1 fully saturated rings. The second kappa shape index (κ2) is 7.10. The molecule has 6 nitrogen and oxygen atoms in total. The molecule has 1 N–H and O–H groups in total. The van der Waals surface area contributed by atoms with Gasteiger partial charge in [-0.1, -0.05) is 17.7 Å². The first-order valence-electron chi connectivity index (χ1n) is 7.83. The summed E-state index contributed by atoms with van der Waals surface area (Å²) in [4.78, 5) is 24.3. The number of hydrogen-bond acceptors (Lipinski definition) is 4. The topological polar surface area (TPSA) is 83.6 Å². The van der Waals surface area contributed by atoms with Crippen molar-refractivity contribution < 1.29 is 31.2 Å². The third-order valence-corrected chi connectivity index (χ3v) is 5.88. The van der Waals surface area contributed by atoms with E-state index in [0.29, 0.717) is 10.4 Å². The third kappa shape index (κ3) is 3.97. The van der Waals surface area contributed by atoms with Gasteiger partial charge in [0.25, 0.3) is 5.91 Å². The van der Waals surface area contributed by atoms with Crippen LogP contribution in [0.25, 0.3) is 0 Å². The second-order valence-electron chi connectivity index (χ2n) is 5.92. The highest BCUT2D eigenvalue weighted by atomic mass is 35.5.